The van der Waals surface area contributed by atoms with E-state index in [2.05, 4.69) is 26.6 Å². The molecule has 0 aliphatic carbocycles. The van der Waals surface area contributed by atoms with Crippen LogP contribution in [-0.2, 0) is 26.3 Å². The fourth-order valence-corrected chi connectivity index (χ4v) is 6.00. The number of fused-ring (bicyclic) bond motifs is 1. The first-order valence-electron chi connectivity index (χ1n) is 15.0. The molecule has 4 heterocycles. The number of alkyl halides is 3. The average Bonchev–Trinajstić information content (AvgIpc) is 3.73. The van der Waals surface area contributed by atoms with E-state index in [9.17, 15) is 28.3 Å². The predicted molar refractivity (Wildman–Crippen MR) is 166 cm³/mol. The van der Waals surface area contributed by atoms with Crippen LogP contribution in [0.4, 0.5) is 24.8 Å². The van der Waals surface area contributed by atoms with Crippen LogP contribution >= 0.6 is 0 Å². The molecule has 2 aliphatic heterocycles. The van der Waals surface area contributed by atoms with Gasteiger partial charge in [-0.1, -0.05) is 13.8 Å². The van der Waals surface area contributed by atoms with E-state index in [0.717, 1.165) is 6.07 Å². The molecule has 1 fully saturated rings. The van der Waals surface area contributed by atoms with Crippen LogP contribution in [0.3, 0.4) is 0 Å². The van der Waals surface area contributed by atoms with Gasteiger partial charge in [0.1, 0.15) is 18.0 Å². The number of aryl methyl sites for hydroxylation is 1. The monoisotopic (exact) mass is 630 g/mol. The van der Waals surface area contributed by atoms with Crippen molar-refractivity contribution in [1.29, 1.82) is 5.26 Å². The van der Waals surface area contributed by atoms with E-state index < -0.39 is 23.8 Å². The number of nitrogens with zero attached hydrogens (tertiary/aromatic N) is 7. The predicted octanol–water partition coefficient (Wildman–Crippen LogP) is 5.23. The molecular formula is C33H33F3N8O2. The highest BCUT2D eigenvalue weighted by atomic mass is 19.4. The van der Waals surface area contributed by atoms with E-state index in [1.807, 2.05) is 18.7 Å². The number of benzene rings is 2. The lowest BCUT2D eigenvalue weighted by molar-refractivity contribution is -0.138. The number of aliphatic hydroxyl groups is 1. The summed E-state index contributed by atoms with van der Waals surface area (Å²) in [6, 6.07) is 13.4. The summed E-state index contributed by atoms with van der Waals surface area (Å²) >= 11 is 0. The number of anilines is 2. The average molecular weight is 631 g/mol. The van der Waals surface area contributed by atoms with E-state index in [1.165, 1.54) is 11.0 Å². The zero-order valence-corrected chi connectivity index (χ0v) is 25.6. The first kappa shape index (κ1) is 31.2. The molecule has 1 saturated heterocycles. The Kier molecular flexibility index (Phi) is 8.26. The smallest absolute Gasteiger partial charge is 0.392 e. The number of rotatable bonds is 8. The van der Waals surface area contributed by atoms with Crippen molar-refractivity contribution in [3.05, 3.63) is 76.6 Å². The van der Waals surface area contributed by atoms with Crippen molar-refractivity contribution in [2.24, 2.45) is 13.0 Å². The topological polar surface area (TPSA) is 123 Å². The highest BCUT2D eigenvalue weighted by molar-refractivity contribution is 6.10. The van der Waals surface area contributed by atoms with Crippen molar-refractivity contribution in [2.45, 2.75) is 45.6 Å². The summed E-state index contributed by atoms with van der Waals surface area (Å²) in [5.41, 5.74) is 1.69. The number of nitriles is 1. The summed E-state index contributed by atoms with van der Waals surface area (Å²) in [7, 11) is 1.80. The van der Waals surface area contributed by atoms with Crippen LogP contribution in [0.2, 0.25) is 0 Å². The van der Waals surface area contributed by atoms with Gasteiger partial charge >= 0.3 is 6.18 Å². The minimum Gasteiger partial charge on any atom is -0.392 e. The molecule has 2 N–H and O–H groups in total. The quantitative estimate of drug-likeness (QED) is 0.272. The lowest BCUT2D eigenvalue weighted by Gasteiger charge is -2.20. The molecule has 0 radical (unpaired) electrons. The zero-order chi connectivity index (χ0) is 32.7. The van der Waals surface area contributed by atoms with Crippen molar-refractivity contribution in [1.82, 2.24) is 24.6 Å². The molecule has 46 heavy (non-hydrogen) atoms. The Bertz CT molecular complexity index is 1850. The van der Waals surface area contributed by atoms with E-state index in [0.29, 0.717) is 65.5 Å². The Morgan fingerprint density at radius 2 is 1.93 bits per heavy atom. The standard InChI is InChI=1S/C33H33F3N8O2/c1-19(2)14-38-29-11-22(25-8-20(13-37)4-5-24(25)31-41-39-18-42(31)3)12-30(40-29)44-17-27-26(32(44)46)9-21(10-28(27)33(34,35)36)15-43-7-6-23(45)16-43/h4-5,8-12,18-19,23,45H,6-7,14-17H2,1-3H3,(H,38,40)/t23-/m1/s1. The van der Waals surface area contributed by atoms with Gasteiger partial charge in [-0.15, -0.1) is 10.2 Å². The number of carbonyl (C=O) groups excluding carboxylic acids is 1. The summed E-state index contributed by atoms with van der Waals surface area (Å²) < 4.78 is 45.0. The van der Waals surface area contributed by atoms with Gasteiger partial charge in [0.05, 0.1) is 29.8 Å². The molecule has 2 aromatic carbocycles. The molecule has 6 rings (SSSR count). The van der Waals surface area contributed by atoms with Gasteiger partial charge in [0.15, 0.2) is 5.82 Å². The van der Waals surface area contributed by atoms with Crippen molar-refractivity contribution in [2.75, 3.05) is 29.9 Å². The molecule has 4 aromatic rings. The third-order valence-corrected chi connectivity index (χ3v) is 8.25. The first-order chi connectivity index (χ1) is 21.9. The lowest BCUT2D eigenvalue weighted by Crippen LogP contribution is -2.25. The number of aromatic nitrogens is 4. The number of nitrogens with one attached hydrogen (secondary N) is 1. The summed E-state index contributed by atoms with van der Waals surface area (Å²) in [6.45, 7) is 5.43. The molecule has 2 aliphatic rings. The number of hydrogen-bond donors (Lipinski definition) is 2. The summed E-state index contributed by atoms with van der Waals surface area (Å²) in [4.78, 5) is 21.8. The molecule has 1 amide bonds. The second-order valence-corrected chi connectivity index (χ2v) is 12.2. The first-order valence-corrected chi connectivity index (χ1v) is 15.0. The van der Waals surface area contributed by atoms with Gasteiger partial charge in [-0.3, -0.25) is 14.6 Å². The van der Waals surface area contributed by atoms with E-state index in [-0.39, 0.29) is 36.0 Å². The molecular weight excluding hydrogens is 597 g/mol. The molecule has 2 aromatic heterocycles. The van der Waals surface area contributed by atoms with Gasteiger partial charge in [-0.2, -0.15) is 18.4 Å². The third kappa shape index (κ3) is 6.18. The molecule has 1 atom stereocenters. The number of likely N-dealkylation sites (tertiary alicyclic amines) is 1. The fourth-order valence-electron chi connectivity index (χ4n) is 6.00. The zero-order valence-electron chi connectivity index (χ0n) is 25.6. The van der Waals surface area contributed by atoms with Crippen LogP contribution < -0.4 is 10.2 Å². The van der Waals surface area contributed by atoms with Gasteiger partial charge in [0.2, 0.25) is 0 Å². The van der Waals surface area contributed by atoms with Gasteiger partial charge in [0.25, 0.3) is 5.91 Å². The maximum absolute atomic E-state index is 14.4. The highest BCUT2D eigenvalue weighted by Gasteiger charge is 2.41. The number of amides is 1. The Balaban J connectivity index is 1.45. The maximum Gasteiger partial charge on any atom is 0.416 e. The second-order valence-electron chi connectivity index (χ2n) is 12.2. The number of halogens is 3. The summed E-state index contributed by atoms with van der Waals surface area (Å²) in [6.07, 6.45) is -3.09. The van der Waals surface area contributed by atoms with Crippen LogP contribution in [0, 0.1) is 17.2 Å². The number of carbonyl (C=O) groups is 1. The molecule has 13 heteroatoms. The van der Waals surface area contributed by atoms with Gasteiger partial charge in [-0.05, 0) is 77.1 Å². The van der Waals surface area contributed by atoms with Crippen LogP contribution in [0.1, 0.15) is 52.9 Å². The molecule has 238 valence electrons. The second kappa shape index (κ2) is 12.2. The van der Waals surface area contributed by atoms with E-state index in [1.54, 1.807) is 48.3 Å². The Morgan fingerprint density at radius 3 is 2.59 bits per heavy atom. The van der Waals surface area contributed by atoms with Crippen LogP contribution in [-0.4, -0.2) is 61.4 Å². The lowest BCUT2D eigenvalue weighted by atomic mass is 9.97. The van der Waals surface area contributed by atoms with Crippen LogP contribution in [0.15, 0.2) is 48.8 Å². The minimum absolute atomic E-state index is 0.0142. The van der Waals surface area contributed by atoms with Crippen molar-refractivity contribution in [3.8, 4) is 28.6 Å². The SMILES string of the molecule is CC(C)CNc1cc(-c2cc(C#N)ccc2-c2nncn2C)cc(N2Cc3c(cc(CN4CC[C@@H](O)C4)cc3C(F)(F)F)C2=O)n1. The van der Waals surface area contributed by atoms with E-state index in [4.69, 9.17) is 0 Å². The number of aliphatic hydroxyl groups excluding tert-OH is 1. The highest BCUT2D eigenvalue weighted by Crippen LogP contribution is 2.41. The normalized spacial score (nSPS) is 16.7. The number of β-amino-alcohol motifs (C(OH)–C–C–N with tert-alkyl or cyclic N) is 1. The number of hydrogen-bond acceptors (Lipinski definition) is 8. The largest absolute Gasteiger partial charge is 0.416 e. The molecule has 0 bridgehead atoms. The van der Waals surface area contributed by atoms with Gasteiger partial charge < -0.3 is 15.0 Å². The van der Waals surface area contributed by atoms with Crippen molar-refractivity contribution < 1.29 is 23.1 Å². The maximum atomic E-state index is 14.4. The Labute approximate surface area is 264 Å². The van der Waals surface area contributed by atoms with Crippen LogP contribution in [0.25, 0.3) is 22.5 Å². The molecule has 0 unspecified atom stereocenters. The van der Waals surface area contributed by atoms with Gasteiger partial charge in [0, 0.05) is 44.4 Å². The number of pyridine rings is 1. The Morgan fingerprint density at radius 1 is 1.13 bits per heavy atom. The minimum atomic E-state index is -4.68. The van der Waals surface area contributed by atoms with Crippen molar-refractivity contribution in [3.63, 3.8) is 0 Å². The van der Waals surface area contributed by atoms with Gasteiger partial charge in [-0.25, -0.2) is 4.98 Å². The molecule has 10 nitrogen and oxygen atoms in total. The Hall–Kier alpha value is -4.80. The summed E-state index contributed by atoms with van der Waals surface area (Å²) in [5, 5.41) is 31.1. The summed E-state index contributed by atoms with van der Waals surface area (Å²) in [5.74, 6) is 0.830. The molecule has 0 spiro atoms. The molecule has 0 saturated carbocycles. The van der Waals surface area contributed by atoms with E-state index >= 15 is 0 Å². The third-order valence-electron chi connectivity index (χ3n) is 8.25. The van der Waals surface area contributed by atoms with Crippen molar-refractivity contribution >= 4 is 17.5 Å². The fraction of sp³-hybridized carbons (Fsp3) is 0.364. The van der Waals surface area contributed by atoms with Crippen LogP contribution in [0.5, 0.6) is 0 Å².